The number of halogens is 1. The Kier molecular flexibility index (Phi) is 2.68. The van der Waals surface area contributed by atoms with Crippen molar-refractivity contribution in [3.05, 3.63) is 41.6 Å². The van der Waals surface area contributed by atoms with E-state index < -0.39 is 0 Å². The molecule has 0 aliphatic carbocycles. The van der Waals surface area contributed by atoms with Crippen LogP contribution in [0.4, 0.5) is 0 Å². The second-order valence-electron chi connectivity index (χ2n) is 3.13. The van der Waals surface area contributed by atoms with Gasteiger partial charge in [-0.1, -0.05) is 45.4 Å². The quantitative estimate of drug-likeness (QED) is 0.764. The highest BCUT2D eigenvalue weighted by Gasteiger charge is 2.07. The first-order chi connectivity index (χ1) is 6.81. The van der Waals surface area contributed by atoms with Crippen LogP contribution in [0.5, 0.6) is 0 Å². The minimum atomic E-state index is 0.725. The van der Waals surface area contributed by atoms with Crippen molar-refractivity contribution < 1.29 is 4.52 Å². The molecule has 1 aromatic carbocycles. The van der Waals surface area contributed by atoms with Crippen molar-refractivity contribution in [1.82, 2.24) is 5.16 Å². The van der Waals surface area contributed by atoms with Crippen LogP contribution < -0.4 is 0 Å². The lowest BCUT2D eigenvalue weighted by atomic mass is 10.1. The Labute approximate surface area is 91.1 Å². The Balaban J connectivity index is 2.44. The first kappa shape index (κ1) is 9.46. The van der Waals surface area contributed by atoms with Crippen molar-refractivity contribution in [3.63, 3.8) is 0 Å². The summed E-state index contributed by atoms with van der Waals surface area (Å²) in [4.78, 5) is 0. The van der Waals surface area contributed by atoms with Crippen molar-refractivity contribution in [1.29, 1.82) is 0 Å². The average molecular weight is 252 g/mol. The molecule has 2 nitrogen and oxygen atoms in total. The fourth-order valence-corrected chi connectivity index (χ4v) is 1.62. The molecule has 0 saturated carbocycles. The Bertz CT molecular complexity index is 436. The highest BCUT2D eigenvalue weighted by atomic mass is 79.9. The first-order valence-electron chi connectivity index (χ1n) is 4.39. The molecule has 0 atom stereocenters. The van der Waals surface area contributed by atoms with Crippen LogP contribution in [0.15, 0.2) is 34.9 Å². The summed E-state index contributed by atoms with van der Waals surface area (Å²) < 4.78 is 5.24. The summed E-state index contributed by atoms with van der Waals surface area (Å²) in [7, 11) is 0. The van der Waals surface area contributed by atoms with Crippen molar-refractivity contribution >= 4 is 15.9 Å². The van der Waals surface area contributed by atoms with Crippen LogP contribution in [0.25, 0.3) is 11.3 Å². The van der Waals surface area contributed by atoms with Crippen molar-refractivity contribution in [3.8, 4) is 11.3 Å². The van der Waals surface area contributed by atoms with Gasteiger partial charge in [-0.25, -0.2) is 0 Å². The second-order valence-corrected chi connectivity index (χ2v) is 3.69. The van der Waals surface area contributed by atoms with E-state index in [0.29, 0.717) is 0 Å². The van der Waals surface area contributed by atoms with Crippen LogP contribution in [0, 0.1) is 6.92 Å². The monoisotopic (exact) mass is 251 g/mol. The highest BCUT2D eigenvalue weighted by molar-refractivity contribution is 9.08. The number of benzene rings is 1. The highest BCUT2D eigenvalue weighted by Crippen LogP contribution is 2.24. The molecule has 0 unspecified atom stereocenters. The van der Waals surface area contributed by atoms with Crippen LogP contribution in [0.1, 0.15) is 11.3 Å². The van der Waals surface area contributed by atoms with E-state index in [0.717, 1.165) is 22.3 Å². The Morgan fingerprint density at radius 2 is 2.14 bits per heavy atom. The molecule has 0 fully saturated rings. The van der Waals surface area contributed by atoms with E-state index in [1.807, 2.05) is 24.3 Å². The molecular weight excluding hydrogens is 242 g/mol. The van der Waals surface area contributed by atoms with Crippen LogP contribution in [0.2, 0.25) is 0 Å². The lowest BCUT2D eigenvalue weighted by molar-refractivity contribution is 0.426. The van der Waals surface area contributed by atoms with Gasteiger partial charge in [0.1, 0.15) is 0 Å². The van der Waals surface area contributed by atoms with Gasteiger partial charge in [0.25, 0.3) is 0 Å². The van der Waals surface area contributed by atoms with Gasteiger partial charge >= 0.3 is 0 Å². The molecule has 1 heterocycles. The molecule has 14 heavy (non-hydrogen) atoms. The zero-order chi connectivity index (χ0) is 9.97. The summed E-state index contributed by atoms with van der Waals surface area (Å²) >= 11 is 3.34. The van der Waals surface area contributed by atoms with Gasteiger partial charge in [-0.15, -0.1) is 0 Å². The molecule has 0 amide bonds. The number of aryl methyl sites for hydroxylation is 1. The molecule has 0 saturated heterocycles. The third-order valence-electron chi connectivity index (χ3n) is 2.11. The lowest BCUT2D eigenvalue weighted by Gasteiger charge is -1.98. The van der Waals surface area contributed by atoms with Crippen LogP contribution in [0.3, 0.4) is 0 Å². The predicted octanol–water partition coefficient (Wildman–Crippen LogP) is 3.54. The molecule has 0 aliphatic heterocycles. The van der Waals surface area contributed by atoms with Crippen molar-refractivity contribution in [2.24, 2.45) is 0 Å². The third kappa shape index (κ3) is 1.73. The van der Waals surface area contributed by atoms with Gasteiger partial charge in [0.15, 0.2) is 5.76 Å². The van der Waals surface area contributed by atoms with E-state index in [1.54, 1.807) is 0 Å². The second kappa shape index (κ2) is 3.96. The van der Waals surface area contributed by atoms with E-state index in [4.69, 9.17) is 4.52 Å². The molecule has 2 aromatic rings. The molecule has 0 spiro atoms. The Hall–Kier alpha value is -1.09. The summed E-state index contributed by atoms with van der Waals surface area (Å²) in [5.74, 6) is 0.831. The van der Waals surface area contributed by atoms with Crippen LogP contribution >= 0.6 is 15.9 Å². The standard InChI is InChI=1S/C11H10BrNO/c1-8-4-2-3-5-10(8)11-6-9(7-12)13-14-11/h2-6H,7H2,1H3. The number of alkyl halides is 1. The fourth-order valence-electron chi connectivity index (χ4n) is 1.35. The van der Waals surface area contributed by atoms with E-state index in [9.17, 15) is 0 Å². The summed E-state index contributed by atoms with van der Waals surface area (Å²) in [5.41, 5.74) is 3.22. The molecular formula is C11H10BrNO. The summed E-state index contributed by atoms with van der Waals surface area (Å²) in [6.45, 7) is 2.06. The number of hydrogen-bond donors (Lipinski definition) is 0. The van der Waals surface area contributed by atoms with Gasteiger partial charge < -0.3 is 4.52 Å². The van der Waals surface area contributed by atoms with Crippen molar-refractivity contribution in [2.45, 2.75) is 12.3 Å². The summed E-state index contributed by atoms with van der Waals surface area (Å²) in [6.07, 6.45) is 0. The van der Waals surface area contributed by atoms with Gasteiger partial charge in [0.05, 0.1) is 5.69 Å². The summed E-state index contributed by atoms with van der Waals surface area (Å²) in [6, 6.07) is 10.1. The van der Waals surface area contributed by atoms with E-state index in [1.165, 1.54) is 5.56 Å². The maximum atomic E-state index is 5.24. The van der Waals surface area contributed by atoms with Gasteiger partial charge in [0, 0.05) is 17.0 Å². The average Bonchev–Trinajstić information content (AvgIpc) is 2.67. The topological polar surface area (TPSA) is 26.0 Å². The molecule has 3 heteroatoms. The zero-order valence-corrected chi connectivity index (χ0v) is 9.41. The van der Waals surface area contributed by atoms with E-state index in [-0.39, 0.29) is 0 Å². The lowest BCUT2D eigenvalue weighted by Crippen LogP contribution is -1.78. The molecule has 1 aromatic heterocycles. The Morgan fingerprint density at radius 1 is 1.36 bits per heavy atom. The fraction of sp³-hybridized carbons (Fsp3) is 0.182. The minimum absolute atomic E-state index is 0.725. The predicted molar refractivity (Wildman–Crippen MR) is 59.3 cm³/mol. The largest absolute Gasteiger partial charge is 0.356 e. The van der Waals surface area contributed by atoms with Crippen LogP contribution in [-0.2, 0) is 5.33 Å². The number of hydrogen-bond acceptors (Lipinski definition) is 2. The third-order valence-corrected chi connectivity index (χ3v) is 2.68. The smallest absolute Gasteiger partial charge is 0.167 e. The number of rotatable bonds is 2. The molecule has 0 aliphatic rings. The first-order valence-corrected chi connectivity index (χ1v) is 5.51. The summed E-state index contributed by atoms with van der Waals surface area (Å²) in [5, 5.41) is 4.65. The maximum absolute atomic E-state index is 5.24. The van der Waals surface area contributed by atoms with E-state index in [2.05, 4.69) is 34.1 Å². The number of nitrogens with zero attached hydrogens (tertiary/aromatic N) is 1. The zero-order valence-electron chi connectivity index (χ0n) is 7.83. The molecule has 0 bridgehead atoms. The van der Waals surface area contributed by atoms with Gasteiger partial charge in [-0.05, 0) is 12.5 Å². The van der Waals surface area contributed by atoms with Gasteiger partial charge in [-0.3, -0.25) is 0 Å². The maximum Gasteiger partial charge on any atom is 0.167 e. The van der Waals surface area contributed by atoms with E-state index >= 15 is 0 Å². The SMILES string of the molecule is Cc1ccccc1-c1cc(CBr)no1. The molecule has 2 rings (SSSR count). The van der Waals surface area contributed by atoms with Gasteiger partial charge in [0.2, 0.25) is 0 Å². The minimum Gasteiger partial charge on any atom is -0.356 e. The van der Waals surface area contributed by atoms with Gasteiger partial charge in [-0.2, -0.15) is 0 Å². The van der Waals surface area contributed by atoms with Crippen LogP contribution in [-0.4, -0.2) is 5.16 Å². The molecule has 0 radical (unpaired) electrons. The molecule has 0 N–H and O–H groups in total. The number of aromatic nitrogens is 1. The van der Waals surface area contributed by atoms with Crippen molar-refractivity contribution in [2.75, 3.05) is 0 Å². The molecule has 72 valence electrons. The Morgan fingerprint density at radius 3 is 2.79 bits per heavy atom. The normalized spacial score (nSPS) is 10.4.